The number of aryl methyl sites for hydroxylation is 2. The van der Waals surface area contributed by atoms with Crippen molar-refractivity contribution in [2.45, 2.75) is 31.7 Å². The molecule has 1 fully saturated rings. The summed E-state index contributed by atoms with van der Waals surface area (Å²) in [5.41, 5.74) is 5.72. The first-order valence-corrected chi connectivity index (χ1v) is 10.2. The van der Waals surface area contributed by atoms with Gasteiger partial charge in [-0.05, 0) is 42.0 Å². The fraction of sp³-hybridized carbons (Fsp3) is 0.250. The van der Waals surface area contributed by atoms with E-state index in [4.69, 9.17) is 0 Å². The third kappa shape index (κ3) is 2.40. The van der Waals surface area contributed by atoms with Crippen LogP contribution in [-0.4, -0.2) is 21.4 Å². The number of aromatic nitrogens is 2. The molecule has 1 saturated heterocycles. The number of nitrogens with zero attached hydrogens (tertiary/aromatic N) is 1. The summed E-state index contributed by atoms with van der Waals surface area (Å²) in [5.74, 6) is -1.23. The molecule has 0 saturated carbocycles. The minimum absolute atomic E-state index is 0. The third-order valence-corrected chi connectivity index (χ3v) is 6.57. The maximum Gasteiger partial charge on any atom is 0.235 e. The SMILES string of the molecule is O=C1NC(=O)[C@@H](c2c[nH]c3ccccc23)[C@@H]1Cc1cn2c3c(cccc13)CCC2.[HH].[HH]. The van der Waals surface area contributed by atoms with Crippen molar-refractivity contribution in [1.29, 1.82) is 0 Å². The molecule has 0 unspecified atom stereocenters. The Morgan fingerprint density at radius 3 is 2.83 bits per heavy atom. The van der Waals surface area contributed by atoms with Crippen molar-refractivity contribution < 1.29 is 12.4 Å². The second-order valence-corrected chi connectivity index (χ2v) is 8.20. The number of benzene rings is 2. The fourth-order valence-corrected chi connectivity index (χ4v) is 5.28. The van der Waals surface area contributed by atoms with E-state index in [1.54, 1.807) is 0 Å². The van der Waals surface area contributed by atoms with Crippen LogP contribution in [0.4, 0.5) is 0 Å². The van der Waals surface area contributed by atoms with E-state index in [0.717, 1.165) is 41.4 Å². The summed E-state index contributed by atoms with van der Waals surface area (Å²) >= 11 is 0. The van der Waals surface area contributed by atoms with Gasteiger partial charge in [0.05, 0.1) is 17.4 Å². The van der Waals surface area contributed by atoms with Gasteiger partial charge in [0, 0.05) is 38.1 Å². The monoisotopic (exact) mass is 387 g/mol. The van der Waals surface area contributed by atoms with E-state index >= 15 is 0 Å². The molecule has 2 N–H and O–H groups in total. The smallest absolute Gasteiger partial charge is 0.235 e. The molecule has 5 heteroatoms. The highest BCUT2D eigenvalue weighted by molar-refractivity contribution is 6.09. The molecule has 2 aliphatic heterocycles. The number of para-hydroxylation sites is 2. The van der Waals surface area contributed by atoms with Crippen LogP contribution in [0, 0.1) is 5.92 Å². The number of rotatable bonds is 3. The lowest BCUT2D eigenvalue weighted by molar-refractivity contribution is -0.125. The number of hydrogen-bond acceptors (Lipinski definition) is 2. The molecule has 0 spiro atoms. The molecular weight excluding hydrogens is 362 g/mol. The molecule has 0 bridgehead atoms. The topological polar surface area (TPSA) is 66.9 Å². The van der Waals surface area contributed by atoms with Crippen LogP contribution in [0.25, 0.3) is 21.8 Å². The lowest BCUT2D eigenvalue weighted by Gasteiger charge is -2.15. The van der Waals surface area contributed by atoms with E-state index < -0.39 is 11.8 Å². The molecule has 2 amide bonds. The van der Waals surface area contributed by atoms with Gasteiger partial charge >= 0.3 is 0 Å². The number of hydrogen-bond donors (Lipinski definition) is 2. The molecule has 148 valence electrons. The van der Waals surface area contributed by atoms with Crippen molar-refractivity contribution in [3.63, 3.8) is 0 Å². The predicted octanol–water partition coefficient (Wildman–Crippen LogP) is 4.16. The van der Waals surface area contributed by atoms with Gasteiger partial charge in [0.1, 0.15) is 0 Å². The molecule has 4 heterocycles. The van der Waals surface area contributed by atoms with E-state index in [2.05, 4.69) is 39.3 Å². The maximum atomic E-state index is 12.8. The predicted molar refractivity (Wildman–Crippen MR) is 116 cm³/mol. The Labute approximate surface area is 170 Å². The number of H-pyrrole nitrogens is 1. The van der Waals surface area contributed by atoms with Crippen LogP contribution < -0.4 is 5.32 Å². The van der Waals surface area contributed by atoms with Crippen LogP contribution in [-0.2, 0) is 29.0 Å². The highest BCUT2D eigenvalue weighted by Crippen LogP contribution is 2.38. The number of carbonyl (C=O) groups excluding carboxylic acids is 2. The number of amides is 2. The average molecular weight is 387 g/mol. The van der Waals surface area contributed by atoms with Gasteiger partial charge in [-0.3, -0.25) is 14.9 Å². The van der Waals surface area contributed by atoms with Gasteiger partial charge < -0.3 is 9.55 Å². The summed E-state index contributed by atoms with van der Waals surface area (Å²) < 4.78 is 2.32. The Morgan fingerprint density at radius 2 is 1.90 bits per heavy atom. The maximum absolute atomic E-state index is 12.8. The molecule has 29 heavy (non-hydrogen) atoms. The van der Waals surface area contributed by atoms with Gasteiger partial charge in [-0.1, -0.05) is 36.4 Å². The number of carbonyl (C=O) groups is 2. The first-order valence-electron chi connectivity index (χ1n) is 10.2. The highest BCUT2D eigenvalue weighted by Gasteiger charge is 2.43. The van der Waals surface area contributed by atoms with E-state index in [1.165, 1.54) is 16.5 Å². The Kier molecular flexibility index (Phi) is 3.48. The third-order valence-electron chi connectivity index (χ3n) is 6.57. The van der Waals surface area contributed by atoms with Crippen molar-refractivity contribution >= 4 is 33.6 Å². The zero-order valence-corrected chi connectivity index (χ0v) is 15.9. The van der Waals surface area contributed by atoms with Crippen LogP contribution in [0.5, 0.6) is 0 Å². The molecule has 2 aromatic heterocycles. The summed E-state index contributed by atoms with van der Waals surface area (Å²) in [6.07, 6.45) is 6.88. The van der Waals surface area contributed by atoms with Crippen molar-refractivity contribution in [3.05, 3.63) is 71.5 Å². The van der Waals surface area contributed by atoms with Crippen molar-refractivity contribution in [2.24, 2.45) is 5.92 Å². The van der Waals surface area contributed by atoms with Gasteiger partial charge in [0.25, 0.3) is 0 Å². The Morgan fingerprint density at radius 1 is 1.03 bits per heavy atom. The molecule has 2 aromatic carbocycles. The number of nitrogens with one attached hydrogen (secondary N) is 2. The summed E-state index contributed by atoms with van der Waals surface area (Å²) in [6.45, 7) is 1.01. The first kappa shape index (κ1) is 16.6. The van der Waals surface area contributed by atoms with Crippen LogP contribution >= 0.6 is 0 Å². The standard InChI is InChI=1S/C24H21N3O2.2H2/c28-23-18(11-15-13-27-10-4-6-14-5-3-8-16(15)22(14)27)21(24(29)26-23)19-12-25-20-9-2-1-7-17(19)20;;/h1-3,5,7-9,12-13,18,21,25H,4,6,10-11H2,(H,26,28,29);2*1H/t18-,21+;;/m0../s1. The summed E-state index contributed by atoms with van der Waals surface area (Å²) in [7, 11) is 0. The lowest BCUT2D eigenvalue weighted by atomic mass is 9.83. The van der Waals surface area contributed by atoms with E-state index in [1.807, 2.05) is 30.5 Å². The van der Waals surface area contributed by atoms with E-state index in [0.29, 0.717) is 6.42 Å². The van der Waals surface area contributed by atoms with Gasteiger partial charge in [-0.15, -0.1) is 0 Å². The zero-order valence-electron chi connectivity index (χ0n) is 15.9. The summed E-state index contributed by atoms with van der Waals surface area (Å²) in [4.78, 5) is 28.8. The summed E-state index contributed by atoms with van der Waals surface area (Å²) in [6, 6.07) is 14.4. The Bertz CT molecular complexity index is 1310. The lowest BCUT2D eigenvalue weighted by Crippen LogP contribution is -2.22. The minimum atomic E-state index is -0.467. The van der Waals surface area contributed by atoms with Crippen LogP contribution in [0.15, 0.2) is 54.9 Å². The highest BCUT2D eigenvalue weighted by atomic mass is 16.2. The number of fused-ring (bicyclic) bond motifs is 1. The molecule has 2 atom stereocenters. The quantitative estimate of drug-likeness (QED) is 0.519. The van der Waals surface area contributed by atoms with Crippen molar-refractivity contribution in [3.8, 4) is 0 Å². The zero-order chi connectivity index (χ0) is 19.5. The largest absolute Gasteiger partial charge is 0.361 e. The van der Waals surface area contributed by atoms with Crippen LogP contribution in [0.3, 0.4) is 0 Å². The van der Waals surface area contributed by atoms with Crippen LogP contribution in [0.1, 0.15) is 31.9 Å². The van der Waals surface area contributed by atoms with E-state index in [9.17, 15) is 9.59 Å². The molecule has 6 rings (SSSR count). The molecule has 0 aliphatic carbocycles. The van der Waals surface area contributed by atoms with E-state index in [-0.39, 0.29) is 14.7 Å². The molecule has 5 nitrogen and oxygen atoms in total. The molecule has 4 aromatic rings. The van der Waals surface area contributed by atoms with Gasteiger partial charge in [0.2, 0.25) is 11.8 Å². The Hall–Kier alpha value is -3.34. The number of imide groups is 1. The first-order chi connectivity index (χ1) is 14.2. The molecular formula is C24H25N3O2. The molecule has 2 aliphatic rings. The normalized spacial score (nSPS) is 21.2. The van der Waals surface area contributed by atoms with Crippen LogP contribution in [0.2, 0.25) is 0 Å². The fourth-order valence-electron chi connectivity index (χ4n) is 5.28. The molecule has 0 radical (unpaired) electrons. The van der Waals surface area contributed by atoms with Gasteiger partial charge in [0.15, 0.2) is 0 Å². The number of aromatic amines is 1. The minimum Gasteiger partial charge on any atom is -0.361 e. The van der Waals surface area contributed by atoms with Crippen molar-refractivity contribution in [2.75, 3.05) is 0 Å². The van der Waals surface area contributed by atoms with Crippen molar-refractivity contribution in [1.82, 2.24) is 14.9 Å². The second-order valence-electron chi connectivity index (χ2n) is 8.20. The Balaban J connectivity index is 0.00000116. The average Bonchev–Trinajstić information content (AvgIpc) is 3.38. The van der Waals surface area contributed by atoms with Gasteiger partial charge in [-0.2, -0.15) is 0 Å². The second kappa shape index (κ2) is 6.08. The van der Waals surface area contributed by atoms with Gasteiger partial charge in [-0.25, -0.2) is 0 Å². The summed E-state index contributed by atoms with van der Waals surface area (Å²) in [5, 5.41) is 4.81.